The summed E-state index contributed by atoms with van der Waals surface area (Å²) in [5.41, 5.74) is -0.304. The number of nitrogens with one attached hydrogen (secondary N) is 1. The summed E-state index contributed by atoms with van der Waals surface area (Å²) in [7, 11) is -3.91. The molecule has 0 fully saturated rings. The molecule has 0 saturated carbocycles. The van der Waals surface area contributed by atoms with Crippen LogP contribution in [0.1, 0.15) is 0 Å². The monoisotopic (exact) mass is 269 g/mol. The molecule has 0 spiro atoms. The minimum atomic E-state index is -3.91. The molecule has 0 bridgehead atoms. The minimum Gasteiger partial charge on any atom is -0.258 e. The first kappa shape index (κ1) is 12.0. The number of nitro groups is 1. The Balaban J connectivity index is 2.35. The number of non-ortho nitro benzene ring substituents is 1. The molecule has 0 radical (unpaired) electrons. The largest absolute Gasteiger partial charge is 0.275 e. The SMILES string of the molecule is O=[N+]([O-])c1cccc(S(=O)(=O)Nn2cnnc2)c1. The lowest BCUT2D eigenvalue weighted by Gasteiger charge is -2.06. The first-order chi connectivity index (χ1) is 8.49. The molecule has 9 nitrogen and oxygen atoms in total. The molecule has 0 saturated heterocycles. The number of nitro benzene ring substituents is 1. The topological polar surface area (TPSA) is 120 Å². The Hall–Kier alpha value is -2.49. The fourth-order valence-electron chi connectivity index (χ4n) is 1.20. The van der Waals surface area contributed by atoms with Crippen LogP contribution >= 0.6 is 0 Å². The number of rotatable bonds is 4. The van der Waals surface area contributed by atoms with Gasteiger partial charge in [-0.2, -0.15) is 8.42 Å². The van der Waals surface area contributed by atoms with E-state index in [4.69, 9.17) is 0 Å². The van der Waals surface area contributed by atoms with E-state index < -0.39 is 14.9 Å². The number of sulfonamides is 1. The van der Waals surface area contributed by atoms with Crippen LogP contribution in [0.2, 0.25) is 0 Å². The van der Waals surface area contributed by atoms with Crippen LogP contribution in [0.4, 0.5) is 5.69 Å². The first-order valence-corrected chi connectivity index (χ1v) is 6.09. The van der Waals surface area contributed by atoms with Crippen molar-refractivity contribution in [2.45, 2.75) is 4.90 Å². The van der Waals surface area contributed by atoms with E-state index in [1.807, 2.05) is 0 Å². The molecule has 0 aliphatic rings. The summed E-state index contributed by atoms with van der Waals surface area (Å²) >= 11 is 0. The summed E-state index contributed by atoms with van der Waals surface area (Å²) in [5, 5.41) is 17.4. The van der Waals surface area contributed by atoms with Crippen molar-refractivity contribution in [3.8, 4) is 0 Å². The second kappa shape index (κ2) is 4.41. The van der Waals surface area contributed by atoms with Crippen LogP contribution in [0.5, 0.6) is 0 Å². The minimum absolute atomic E-state index is 0.217. The molecule has 1 aromatic heterocycles. The zero-order valence-corrected chi connectivity index (χ0v) is 9.61. The molecule has 94 valence electrons. The lowest BCUT2D eigenvalue weighted by atomic mass is 10.3. The second-order valence-corrected chi connectivity index (χ2v) is 4.88. The van der Waals surface area contributed by atoms with Gasteiger partial charge in [0.25, 0.3) is 15.7 Å². The molecule has 0 atom stereocenters. The summed E-state index contributed by atoms with van der Waals surface area (Å²) in [6, 6.07) is 4.71. The quantitative estimate of drug-likeness (QED) is 0.621. The Morgan fingerprint density at radius 1 is 1.28 bits per heavy atom. The van der Waals surface area contributed by atoms with E-state index in [1.165, 1.54) is 18.2 Å². The van der Waals surface area contributed by atoms with Crippen LogP contribution in [-0.2, 0) is 10.0 Å². The Morgan fingerprint density at radius 2 is 1.94 bits per heavy atom. The number of hydrogen-bond donors (Lipinski definition) is 1. The van der Waals surface area contributed by atoms with Crippen LogP contribution in [0.25, 0.3) is 0 Å². The van der Waals surface area contributed by atoms with Crippen LogP contribution in [0, 0.1) is 10.1 Å². The number of benzene rings is 1. The summed E-state index contributed by atoms with van der Waals surface area (Å²) in [6.45, 7) is 0. The van der Waals surface area contributed by atoms with Crippen molar-refractivity contribution in [1.82, 2.24) is 14.9 Å². The fourth-order valence-corrected chi connectivity index (χ4v) is 2.21. The highest BCUT2D eigenvalue weighted by Gasteiger charge is 2.17. The van der Waals surface area contributed by atoms with Crippen LogP contribution in [-0.4, -0.2) is 28.2 Å². The van der Waals surface area contributed by atoms with Crippen molar-refractivity contribution in [3.05, 3.63) is 47.0 Å². The van der Waals surface area contributed by atoms with Crippen LogP contribution in [0.15, 0.2) is 41.8 Å². The van der Waals surface area contributed by atoms with E-state index in [0.29, 0.717) is 0 Å². The van der Waals surface area contributed by atoms with Gasteiger partial charge in [0.2, 0.25) is 0 Å². The lowest BCUT2D eigenvalue weighted by Crippen LogP contribution is -2.22. The van der Waals surface area contributed by atoms with Crippen LogP contribution in [0.3, 0.4) is 0 Å². The highest BCUT2D eigenvalue weighted by atomic mass is 32.2. The first-order valence-electron chi connectivity index (χ1n) is 4.61. The van der Waals surface area contributed by atoms with Gasteiger partial charge >= 0.3 is 0 Å². The van der Waals surface area contributed by atoms with E-state index >= 15 is 0 Å². The molecule has 2 aromatic rings. The third kappa shape index (κ3) is 2.43. The molecule has 1 aromatic carbocycles. The van der Waals surface area contributed by atoms with Gasteiger partial charge < -0.3 is 0 Å². The van der Waals surface area contributed by atoms with E-state index in [-0.39, 0.29) is 10.6 Å². The third-order valence-electron chi connectivity index (χ3n) is 1.98. The van der Waals surface area contributed by atoms with Crippen molar-refractivity contribution in [2.75, 3.05) is 4.83 Å². The van der Waals surface area contributed by atoms with E-state index in [0.717, 1.165) is 23.4 Å². The number of aromatic nitrogens is 3. The lowest BCUT2D eigenvalue weighted by molar-refractivity contribution is -0.385. The third-order valence-corrected chi connectivity index (χ3v) is 3.31. The van der Waals surface area contributed by atoms with Crippen molar-refractivity contribution >= 4 is 15.7 Å². The Bertz CT molecular complexity index is 667. The van der Waals surface area contributed by atoms with Gasteiger partial charge in [0.15, 0.2) is 0 Å². The molecule has 1 heterocycles. The predicted octanol–water partition coefficient (Wildman–Crippen LogP) is 0.119. The van der Waals surface area contributed by atoms with Crippen LogP contribution < -0.4 is 4.83 Å². The van der Waals surface area contributed by atoms with Crippen molar-refractivity contribution in [2.24, 2.45) is 0 Å². The van der Waals surface area contributed by atoms with Gasteiger partial charge in [-0.15, -0.1) is 10.2 Å². The molecule has 1 N–H and O–H groups in total. The molecule has 18 heavy (non-hydrogen) atoms. The standard InChI is InChI=1S/C8H7N5O4S/c14-13(15)7-2-1-3-8(4-7)18(16,17)11-12-5-9-10-6-12/h1-6,11H. The maximum Gasteiger partial charge on any atom is 0.275 e. The number of nitrogens with zero attached hydrogens (tertiary/aromatic N) is 4. The molecule has 2 rings (SSSR count). The highest BCUT2D eigenvalue weighted by Crippen LogP contribution is 2.17. The average molecular weight is 269 g/mol. The van der Waals surface area contributed by atoms with Gasteiger partial charge in [0.1, 0.15) is 12.7 Å². The normalized spacial score (nSPS) is 11.1. The highest BCUT2D eigenvalue weighted by molar-refractivity contribution is 7.92. The smallest absolute Gasteiger partial charge is 0.258 e. The molecular weight excluding hydrogens is 262 g/mol. The summed E-state index contributed by atoms with van der Waals surface area (Å²) in [5.74, 6) is 0. The van der Waals surface area contributed by atoms with Gasteiger partial charge in [0, 0.05) is 12.1 Å². The summed E-state index contributed by atoms with van der Waals surface area (Å²) in [4.78, 5) is 11.8. The van der Waals surface area contributed by atoms with Gasteiger partial charge in [-0.3, -0.25) is 10.1 Å². The molecule has 0 unspecified atom stereocenters. The van der Waals surface area contributed by atoms with E-state index in [1.54, 1.807) is 0 Å². The zero-order chi connectivity index (χ0) is 13.2. The van der Waals surface area contributed by atoms with Gasteiger partial charge in [0.05, 0.1) is 9.82 Å². The van der Waals surface area contributed by atoms with Gasteiger partial charge in [-0.25, -0.2) is 9.51 Å². The average Bonchev–Trinajstić information content (AvgIpc) is 2.81. The Kier molecular flexibility index (Phi) is 2.93. The molecule has 0 aliphatic carbocycles. The summed E-state index contributed by atoms with van der Waals surface area (Å²) < 4.78 is 24.8. The van der Waals surface area contributed by atoms with Gasteiger partial charge in [-0.05, 0) is 6.07 Å². The Morgan fingerprint density at radius 3 is 2.56 bits per heavy atom. The van der Waals surface area contributed by atoms with Crippen molar-refractivity contribution < 1.29 is 13.3 Å². The van der Waals surface area contributed by atoms with E-state index in [2.05, 4.69) is 15.0 Å². The maximum atomic E-state index is 11.9. The van der Waals surface area contributed by atoms with Gasteiger partial charge in [-0.1, -0.05) is 6.07 Å². The molecule has 0 aliphatic heterocycles. The molecular formula is C8H7N5O4S. The number of hydrogen-bond acceptors (Lipinski definition) is 6. The van der Waals surface area contributed by atoms with Crippen molar-refractivity contribution in [1.29, 1.82) is 0 Å². The molecule has 10 heteroatoms. The summed E-state index contributed by atoms with van der Waals surface area (Å²) in [6.07, 6.45) is 2.30. The maximum absolute atomic E-state index is 11.9. The second-order valence-electron chi connectivity index (χ2n) is 3.22. The van der Waals surface area contributed by atoms with E-state index in [9.17, 15) is 18.5 Å². The molecule has 0 amide bonds. The zero-order valence-electron chi connectivity index (χ0n) is 8.79. The van der Waals surface area contributed by atoms with Crippen molar-refractivity contribution in [3.63, 3.8) is 0 Å². The Labute approximate surface area is 101 Å². The fraction of sp³-hybridized carbons (Fsp3) is 0. The predicted molar refractivity (Wildman–Crippen MR) is 59.7 cm³/mol.